The first-order valence-electron chi connectivity index (χ1n) is 6.53. The zero-order valence-corrected chi connectivity index (χ0v) is 10.8. The number of fused-ring (bicyclic) bond motifs is 1. The van der Waals surface area contributed by atoms with Crippen LogP contribution in [0.25, 0.3) is 0 Å². The van der Waals surface area contributed by atoms with Gasteiger partial charge >= 0.3 is 0 Å². The Bertz CT molecular complexity index is 546. The van der Waals surface area contributed by atoms with Crippen LogP contribution in [0.3, 0.4) is 0 Å². The van der Waals surface area contributed by atoms with Gasteiger partial charge in [-0.25, -0.2) is 0 Å². The lowest BCUT2D eigenvalue weighted by atomic mass is 10.1. The molecular weight excluding hydrogens is 262 g/mol. The second kappa shape index (κ2) is 5.38. The fourth-order valence-electron chi connectivity index (χ4n) is 2.28. The Kier molecular flexibility index (Phi) is 3.42. The number of carbonyl (C=O) groups excluding carboxylic acids is 2. The highest BCUT2D eigenvalue weighted by atomic mass is 16.7. The number of nitrogens with one attached hydrogen (secondary N) is 2. The van der Waals surface area contributed by atoms with Crippen LogP contribution in [0.4, 0.5) is 5.69 Å². The molecule has 0 radical (unpaired) electrons. The van der Waals surface area contributed by atoms with Crippen LogP contribution in [0.2, 0.25) is 0 Å². The molecule has 2 aliphatic rings. The van der Waals surface area contributed by atoms with Crippen molar-refractivity contribution in [2.75, 3.05) is 25.2 Å². The minimum absolute atomic E-state index is 0.0860. The fourth-order valence-corrected chi connectivity index (χ4v) is 2.28. The van der Waals surface area contributed by atoms with Crippen LogP contribution in [0.1, 0.15) is 6.42 Å². The molecule has 20 heavy (non-hydrogen) atoms. The molecule has 4 N–H and O–H groups in total. The molecule has 1 aromatic rings. The number of ether oxygens (including phenoxy) is 2. The van der Waals surface area contributed by atoms with Crippen molar-refractivity contribution in [2.45, 2.75) is 12.5 Å². The van der Waals surface area contributed by atoms with Gasteiger partial charge in [0.05, 0.1) is 19.5 Å². The molecule has 1 atom stereocenters. The highest BCUT2D eigenvalue weighted by molar-refractivity contribution is 5.95. The Labute approximate surface area is 115 Å². The number of carbonyl (C=O) groups is 2. The summed E-state index contributed by atoms with van der Waals surface area (Å²) in [6.45, 7) is 1.65. The van der Waals surface area contributed by atoms with E-state index < -0.39 is 0 Å². The maximum Gasteiger partial charge on any atom is 0.278 e. The van der Waals surface area contributed by atoms with Crippen molar-refractivity contribution < 1.29 is 24.4 Å². The summed E-state index contributed by atoms with van der Waals surface area (Å²) in [5.74, 6) is 1.01. The van der Waals surface area contributed by atoms with Crippen LogP contribution >= 0.6 is 0 Å². The van der Waals surface area contributed by atoms with Gasteiger partial charge in [0.15, 0.2) is 17.5 Å². The van der Waals surface area contributed by atoms with Crippen LogP contribution in [0, 0.1) is 0 Å². The van der Waals surface area contributed by atoms with E-state index >= 15 is 0 Å². The van der Waals surface area contributed by atoms with Gasteiger partial charge in [-0.05, 0) is 12.1 Å². The second-order valence-corrected chi connectivity index (χ2v) is 4.74. The van der Waals surface area contributed by atoms with E-state index in [0.29, 0.717) is 23.7 Å². The first-order chi connectivity index (χ1) is 9.72. The molecule has 2 heterocycles. The van der Waals surface area contributed by atoms with Gasteiger partial charge in [-0.3, -0.25) is 9.59 Å². The highest BCUT2D eigenvalue weighted by Gasteiger charge is 2.28. The maximum absolute atomic E-state index is 11.9. The smallest absolute Gasteiger partial charge is 0.278 e. The Morgan fingerprint density at radius 1 is 1.40 bits per heavy atom. The summed E-state index contributed by atoms with van der Waals surface area (Å²) in [6, 6.07) is 4.86. The van der Waals surface area contributed by atoms with E-state index in [2.05, 4.69) is 10.6 Å². The summed E-state index contributed by atoms with van der Waals surface area (Å²) in [5, 5.41) is 7.40. The largest absolute Gasteiger partial charge is 0.454 e. The number of nitrogens with two attached hydrogens (primary N) is 1. The van der Waals surface area contributed by atoms with E-state index in [1.165, 1.54) is 0 Å². The van der Waals surface area contributed by atoms with Gasteiger partial charge in [0.25, 0.3) is 5.91 Å². The Hall–Kier alpha value is -2.28. The summed E-state index contributed by atoms with van der Waals surface area (Å²) in [4.78, 5) is 23.5. The van der Waals surface area contributed by atoms with Crippen molar-refractivity contribution in [2.24, 2.45) is 0 Å². The summed E-state index contributed by atoms with van der Waals surface area (Å²) >= 11 is 0. The van der Waals surface area contributed by atoms with E-state index in [4.69, 9.17) is 9.47 Å². The van der Waals surface area contributed by atoms with Gasteiger partial charge in [0, 0.05) is 11.8 Å². The molecule has 7 nitrogen and oxygen atoms in total. The number of quaternary nitrogens is 1. The van der Waals surface area contributed by atoms with Crippen LogP contribution in [-0.4, -0.2) is 37.7 Å². The second-order valence-electron chi connectivity index (χ2n) is 4.74. The minimum atomic E-state index is -0.349. The van der Waals surface area contributed by atoms with Crippen molar-refractivity contribution in [3.05, 3.63) is 18.2 Å². The number of hydrogen-bond donors (Lipinski definition) is 3. The predicted molar refractivity (Wildman–Crippen MR) is 69.4 cm³/mol. The predicted octanol–water partition coefficient (Wildman–Crippen LogP) is -1.19. The SMILES string of the molecule is O=C(C[C@H]1[NH2+]CCNC1=O)Nc1ccc2c(c1)OCO2. The first-order valence-corrected chi connectivity index (χ1v) is 6.53. The third-order valence-corrected chi connectivity index (χ3v) is 3.29. The molecule has 0 saturated carbocycles. The van der Waals surface area contributed by atoms with Crippen molar-refractivity contribution in [1.29, 1.82) is 0 Å². The number of amides is 2. The van der Waals surface area contributed by atoms with Gasteiger partial charge in [0.2, 0.25) is 12.7 Å². The highest BCUT2D eigenvalue weighted by Crippen LogP contribution is 2.34. The number of hydrogen-bond acceptors (Lipinski definition) is 4. The average Bonchev–Trinajstić information content (AvgIpc) is 2.89. The van der Waals surface area contributed by atoms with Crippen molar-refractivity contribution in [3.63, 3.8) is 0 Å². The normalized spacial score (nSPS) is 20.4. The topological polar surface area (TPSA) is 93.3 Å². The summed E-state index contributed by atoms with van der Waals surface area (Å²) in [5.41, 5.74) is 0.635. The van der Waals surface area contributed by atoms with Gasteiger partial charge < -0.3 is 25.4 Å². The van der Waals surface area contributed by atoms with E-state index in [-0.39, 0.29) is 31.1 Å². The maximum atomic E-state index is 11.9. The van der Waals surface area contributed by atoms with Gasteiger partial charge in [0.1, 0.15) is 0 Å². The molecule has 0 unspecified atom stereocenters. The molecule has 1 saturated heterocycles. The third kappa shape index (κ3) is 2.67. The van der Waals surface area contributed by atoms with Crippen LogP contribution in [0.5, 0.6) is 11.5 Å². The molecule has 1 aromatic carbocycles. The zero-order valence-electron chi connectivity index (χ0n) is 10.8. The van der Waals surface area contributed by atoms with Crippen LogP contribution in [0.15, 0.2) is 18.2 Å². The molecule has 3 rings (SSSR count). The lowest BCUT2D eigenvalue weighted by Gasteiger charge is -2.19. The number of benzene rings is 1. The molecule has 2 aliphatic heterocycles. The third-order valence-electron chi connectivity index (χ3n) is 3.29. The lowest BCUT2D eigenvalue weighted by molar-refractivity contribution is -0.678. The summed E-state index contributed by atoms with van der Waals surface area (Å²) in [6.07, 6.45) is 0.153. The average molecular weight is 278 g/mol. The molecule has 0 aromatic heterocycles. The Morgan fingerprint density at radius 3 is 3.10 bits per heavy atom. The summed E-state index contributed by atoms with van der Waals surface area (Å²) in [7, 11) is 0. The van der Waals surface area contributed by atoms with Gasteiger partial charge in [-0.15, -0.1) is 0 Å². The number of rotatable bonds is 3. The van der Waals surface area contributed by atoms with Crippen LogP contribution in [-0.2, 0) is 9.59 Å². The van der Waals surface area contributed by atoms with E-state index in [9.17, 15) is 9.59 Å². The van der Waals surface area contributed by atoms with Gasteiger partial charge in [-0.2, -0.15) is 0 Å². The number of piperazine rings is 1. The molecule has 106 valence electrons. The van der Waals surface area contributed by atoms with E-state index in [0.717, 1.165) is 6.54 Å². The molecular formula is C13H16N3O4+. The van der Waals surface area contributed by atoms with Crippen molar-refractivity contribution >= 4 is 17.5 Å². The minimum Gasteiger partial charge on any atom is -0.454 e. The van der Waals surface area contributed by atoms with Gasteiger partial charge in [-0.1, -0.05) is 0 Å². The standard InChI is InChI=1S/C13H15N3O4/c17-12(6-9-13(18)15-4-3-14-9)16-8-1-2-10-11(5-8)20-7-19-10/h1-2,5,9,14H,3-4,6-7H2,(H,15,18)(H,16,17)/p+1/t9-/m1/s1. The van der Waals surface area contributed by atoms with Crippen LogP contribution < -0.4 is 25.4 Å². The Balaban J connectivity index is 1.60. The monoisotopic (exact) mass is 278 g/mol. The first kappa shape index (κ1) is 12.7. The molecule has 2 amide bonds. The zero-order chi connectivity index (χ0) is 13.9. The van der Waals surface area contributed by atoms with E-state index in [1.54, 1.807) is 18.2 Å². The van der Waals surface area contributed by atoms with Crippen molar-refractivity contribution in [1.82, 2.24) is 5.32 Å². The lowest BCUT2D eigenvalue weighted by Crippen LogP contribution is -2.96. The summed E-state index contributed by atoms with van der Waals surface area (Å²) < 4.78 is 10.4. The quantitative estimate of drug-likeness (QED) is 0.648. The molecule has 7 heteroatoms. The molecule has 1 fully saturated rings. The molecule has 0 aliphatic carbocycles. The molecule has 0 spiro atoms. The van der Waals surface area contributed by atoms with Crippen molar-refractivity contribution in [3.8, 4) is 11.5 Å². The molecule has 0 bridgehead atoms. The van der Waals surface area contributed by atoms with E-state index in [1.807, 2.05) is 5.32 Å². The Morgan fingerprint density at radius 2 is 2.25 bits per heavy atom. The fraction of sp³-hybridized carbons (Fsp3) is 0.385. The number of anilines is 1.